The molecule has 4 N–H and O–H groups in total. The van der Waals surface area contributed by atoms with Gasteiger partial charge in [0.15, 0.2) is 17.3 Å². The van der Waals surface area contributed by atoms with Crippen molar-refractivity contribution in [2.45, 2.75) is 0 Å². The second-order valence-electron chi connectivity index (χ2n) is 4.77. The molecule has 0 heterocycles. The molecule has 0 saturated heterocycles. The molecule has 1 amide bonds. The number of nitrogens with one attached hydrogen (secondary N) is 1. The van der Waals surface area contributed by atoms with Gasteiger partial charge in [0.05, 0.1) is 6.54 Å². The van der Waals surface area contributed by atoms with E-state index < -0.39 is 5.91 Å². The Bertz CT molecular complexity index is 750. The number of phenolic OH excluding ortho intramolecular Hbond substituents is 3. The summed E-state index contributed by atoms with van der Waals surface area (Å²) in [6.07, 6.45) is 2.66. The molecular weight excluding hydrogens is 298 g/mol. The number of carbonyl (C=O) groups excluding carboxylic acids is 2. The fraction of sp³-hybridized carbons (Fsp3) is 0.0588. The largest absolute Gasteiger partial charge is 0.508 e. The molecule has 0 aliphatic heterocycles. The minimum absolute atomic E-state index is 0.0608. The molecular formula is C17H15NO5. The first kappa shape index (κ1) is 16.1. The molecule has 0 spiro atoms. The van der Waals surface area contributed by atoms with E-state index in [-0.39, 0.29) is 29.6 Å². The molecule has 6 nitrogen and oxygen atoms in total. The third-order valence-corrected chi connectivity index (χ3v) is 3.04. The predicted molar refractivity (Wildman–Crippen MR) is 84.3 cm³/mol. The van der Waals surface area contributed by atoms with Crippen LogP contribution in [0.5, 0.6) is 17.2 Å². The number of phenols is 3. The van der Waals surface area contributed by atoms with Crippen molar-refractivity contribution in [3.05, 3.63) is 59.7 Å². The summed E-state index contributed by atoms with van der Waals surface area (Å²) in [6, 6.07) is 9.87. The van der Waals surface area contributed by atoms with Gasteiger partial charge in [0.1, 0.15) is 5.75 Å². The number of benzene rings is 2. The zero-order chi connectivity index (χ0) is 16.8. The Kier molecular flexibility index (Phi) is 4.99. The van der Waals surface area contributed by atoms with Crippen molar-refractivity contribution in [1.82, 2.24) is 5.32 Å². The van der Waals surface area contributed by atoms with Crippen LogP contribution in [0.2, 0.25) is 0 Å². The lowest BCUT2D eigenvalue weighted by Crippen LogP contribution is -2.27. The number of ketones is 1. The van der Waals surface area contributed by atoms with Gasteiger partial charge < -0.3 is 20.6 Å². The first-order chi connectivity index (χ1) is 11.0. The zero-order valence-electron chi connectivity index (χ0n) is 12.1. The van der Waals surface area contributed by atoms with Crippen LogP contribution < -0.4 is 5.32 Å². The number of carbonyl (C=O) groups is 2. The van der Waals surface area contributed by atoms with Gasteiger partial charge in [-0.1, -0.05) is 6.07 Å². The van der Waals surface area contributed by atoms with Crippen LogP contribution in [0.15, 0.2) is 48.5 Å². The molecule has 6 heteroatoms. The molecule has 0 atom stereocenters. The normalized spacial score (nSPS) is 10.6. The lowest BCUT2D eigenvalue weighted by atomic mass is 10.1. The number of rotatable bonds is 5. The minimum Gasteiger partial charge on any atom is -0.508 e. The van der Waals surface area contributed by atoms with Crippen LogP contribution >= 0.6 is 0 Å². The van der Waals surface area contributed by atoms with Crippen LogP contribution in [0.3, 0.4) is 0 Å². The van der Waals surface area contributed by atoms with E-state index in [2.05, 4.69) is 5.32 Å². The van der Waals surface area contributed by atoms with Gasteiger partial charge in [-0.05, 0) is 48.0 Å². The number of aromatic hydroxyl groups is 3. The number of amides is 1. The summed E-state index contributed by atoms with van der Waals surface area (Å²) in [5.41, 5.74) is 0.913. The van der Waals surface area contributed by atoms with Gasteiger partial charge in [0.2, 0.25) is 5.91 Å². The van der Waals surface area contributed by atoms with Crippen LogP contribution in [-0.4, -0.2) is 33.6 Å². The maximum absolute atomic E-state index is 11.8. The van der Waals surface area contributed by atoms with Crippen LogP contribution in [-0.2, 0) is 4.79 Å². The van der Waals surface area contributed by atoms with Crippen LogP contribution in [0, 0.1) is 0 Å². The lowest BCUT2D eigenvalue weighted by Gasteiger charge is -2.02. The summed E-state index contributed by atoms with van der Waals surface area (Å²) >= 11 is 0. The van der Waals surface area contributed by atoms with E-state index in [4.69, 9.17) is 5.11 Å². The minimum atomic E-state index is -0.468. The van der Waals surface area contributed by atoms with Gasteiger partial charge in [-0.3, -0.25) is 9.59 Å². The molecule has 2 rings (SSSR count). The maximum atomic E-state index is 11.8. The highest BCUT2D eigenvalue weighted by Crippen LogP contribution is 2.25. The van der Waals surface area contributed by atoms with Crippen molar-refractivity contribution in [3.8, 4) is 17.2 Å². The number of hydrogen-bond acceptors (Lipinski definition) is 5. The molecule has 0 aliphatic rings. The molecule has 0 fully saturated rings. The molecule has 0 aliphatic carbocycles. The smallest absolute Gasteiger partial charge is 0.244 e. The van der Waals surface area contributed by atoms with Crippen molar-refractivity contribution in [2.24, 2.45) is 0 Å². The van der Waals surface area contributed by atoms with Crippen LogP contribution in [0.4, 0.5) is 0 Å². The Morgan fingerprint density at radius 3 is 2.30 bits per heavy atom. The van der Waals surface area contributed by atoms with Gasteiger partial charge in [0.25, 0.3) is 0 Å². The Balaban J connectivity index is 1.89. The number of Topliss-reactive ketones (excluding diaryl/α,β-unsaturated/α-hetero) is 1. The van der Waals surface area contributed by atoms with Crippen LogP contribution in [0.1, 0.15) is 15.9 Å². The molecule has 23 heavy (non-hydrogen) atoms. The summed E-state index contributed by atoms with van der Waals surface area (Å²) in [5.74, 6) is -1.22. The Labute approximate surface area is 132 Å². The Morgan fingerprint density at radius 1 is 0.957 bits per heavy atom. The highest BCUT2D eigenvalue weighted by Gasteiger charge is 2.07. The van der Waals surface area contributed by atoms with E-state index in [1.165, 1.54) is 54.6 Å². The first-order valence-corrected chi connectivity index (χ1v) is 6.76. The average Bonchev–Trinajstić information content (AvgIpc) is 2.54. The second kappa shape index (κ2) is 7.13. The fourth-order valence-corrected chi connectivity index (χ4v) is 1.79. The third-order valence-electron chi connectivity index (χ3n) is 3.04. The van der Waals surface area contributed by atoms with Crippen LogP contribution in [0.25, 0.3) is 6.08 Å². The second-order valence-corrected chi connectivity index (χ2v) is 4.77. The van der Waals surface area contributed by atoms with Gasteiger partial charge >= 0.3 is 0 Å². The van der Waals surface area contributed by atoms with Crippen molar-refractivity contribution < 1.29 is 24.9 Å². The van der Waals surface area contributed by atoms with E-state index in [1.54, 1.807) is 0 Å². The first-order valence-electron chi connectivity index (χ1n) is 6.76. The highest BCUT2D eigenvalue weighted by atomic mass is 16.3. The molecule has 0 aromatic heterocycles. The van der Waals surface area contributed by atoms with E-state index >= 15 is 0 Å². The molecule has 0 saturated carbocycles. The summed E-state index contributed by atoms with van der Waals surface area (Å²) in [6.45, 7) is -0.172. The van der Waals surface area contributed by atoms with E-state index in [1.807, 2.05) is 0 Å². The summed E-state index contributed by atoms with van der Waals surface area (Å²) in [4.78, 5) is 23.5. The van der Waals surface area contributed by atoms with Gasteiger partial charge in [-0.2, -0.15) is 0 Å². The molecule has 0 unspecified atom stereocenters. The molecule has 118 valence electrons. The van der Waals surface area contributed by atoms with Gasteiger partial charge in [0, 0.05) is 11.6 Å². The standard InChI is InChI=1S/C17H15NO5/c19-13-5-3-12(4-6-13)16(22)10-18-17(23)8-2-11-1-7-14(20)15(21)9-11/h1-9,19-21H,10H2,(H,18,23). The average molecular weight is 313 g/mol. The van der Waals surface area contributed by atoms with E-state index in [0.717, 1.165) is 0 Å². The Hall–Kier alpha value is -3.28. The monoisotopic (exact) mass is 313 g/mol. The maximum Gasteiger partial charge on any atom is 0.244 e. The molecule has 0 bridgehead atoms. The van der Waals surface area contributed by atoms with Gasteiger partial charge in [-0.25, -0.2) is 0 Å². The number of hydrogen-bond donors (Lipinski definition) is 4. The highest BCUT2D eigenvalue weighted by molar-refractivity contribution is 6.01. The van der Waals surface area contributed by atoms with E-state index in [9.17, 15) is 19.8 Å². The summed E-state index contributed by atoms with van der Waals surface area (Å²) < 4.78 is 0. The van der Waals surface area contributed by atoms with Crippen molar-refractivity contribution in [2.75, 3.05) is 6.54 Å². The molecule has 0 radical (unpaired) electrons. The quantitative estimate of drug-likeness (QED) is 0.383. The SMILES string of the molecule is O=C(C=Cc1ccc(O)c(O)c1)NCC(=O)c1ccc(O)cc1. The van der Waals surface area contributed by atoms with Crippen molar-refractivity contribution in [1.29, 1.82) is 0 Å². The fourth-order valence-electron chi connectivity index (χ4n) is 1.79. The third kappa shape index (κ3) is 4.60. The zero-order valence-corrected chi connectivity index (χ0v) is 12.1. The Morgan fingerprint density at radius 2 is 1.65 bits per heavy atom. The van der Waals surface area contributed by atoms with E-state index in [0.29, 0.717) is 11.1 Å². The molecule has 2 aromatic carbocycles. The topological polar surface area (TPSA) is 107 Å². The van der Waals surface area contributed by atoms with Crippen molar-refractivity contribution in [3.63, 3.8) is 0 Å². The lowest BCUT2D eigenvalue weighted by molar-refractivity contribution is -0.116. The summed E-state index contributed by atoms with van der Waals surface area (Å²) in [5, 5.41) is 30.1. The van der Waals surface area contributed by atoms with Gasteiger partial charge in [-0.15, -0.1) is 0 Å². The predicted octanol–water partition coefficient (Wildman–Crippen LogP) is 1.82. The summed E-state index contributed by atoms with van der Waals surface area (Å²) in [7, 11) is 0. The van der Waals surface area contributed by atoms with Crippen molar-refractivity contribution >= 4 is 17.8 Å². The molecule has 2 aromatic rings.